The highest BCUT2D eigenvalue weighted by Gasteiger charge is 2.10. The molecule has 0 aliphatic carbocycles. The second kappa shape index (κ2) is 6.55. The van der Waals surface area contributed by atoms with Crippen molar-refractivity contribution in [1.82, 2.24) is 5.32 Å². The summed E-state index contributed by atoms with van der Waals surface area (Å²) in [6.07, 6.45) is 0. The van der Waals surface area contributed by atoms with E-state index in [1.807, 2.05) is 37.3 Å². The summed E-state index contributed by atoms with van der Waals surface area (Å²) in [6, 6.07) is 13.2. The van der Waals surface area contributed by atoms with E-state index in [2.05, 4.69) is 5.32 Å². The fourth-order valence-corrected chi connectivity index (χ4v) is 2.33. The fourth-order valence-electron chi connectivity index (χ4n) is 2.00. The summed E-state index contributed by atoms with van der Waals surface area (Å²) >= 11 is 6.08. The molecule has 0 fully saturated rings. The topological polar surface area (TPSA) is 55.1 Å². The van der Waals surface area contributed by atoms with Gasteiger partial charge in [-0.05, 0) is 35.7 Å². The number of nitrogens with two attached hydrogens (primary N) is 1. The molecule has 0 spiro atoms. The monoisotopic (exact) mass is 288 g/mol. The van der Waals surface area contributed by atoms with Crippen LogP contribution >= 0.6 is 11.6 Å². The zero-order valence-corrected chi connectivity index (χ0v) is 12.1. The van der Waals surface area contributed by atoms with E-state index in [0.717, 1.165) is 16.7 Å². The Kier molecular flexibility index (Phi) is 4.77. The molecular weight excluding hydrogens is 272 g/mol. The van der Waals surface area contributed by atoms with Crippen molar-refractivity contribution in [2.45, 2.75) is 20.0 Å². The van der Waals surface area contributed by atoms with Crippen LogP contribution in [-0.4, -0.2) is 5.91 Å². The number of aryl methyl sites for hydroxylation is 1. The molecule has 2 rings (SSSR count). The number of halogens is 1. The van der Waals surface area contributed by atoms with Crippen molar-refractivity contribution < 1.29 is 4.79 Å². The third-order valence-corrected chi connectivity index (χ3v) is 3.46. The van der Waals surface area contributed by atoms with Crippen molar-refractivity contribution in [3.8, 4) is 0 Å². The summed E-state index contributed by atoms with van der Waals surface area (Å²) < 4.78 is 0. The molecule has 3 nitrogen and oxygen atoms in total. The van der Waals surface area contributed by atoms with E-state index in [1.165, 1.54) is 0 Å². The van der Waals surface area contributed by atoms with Crippen LogP contribution in [0.2, 0.25) is 5.02 Å². The Labute approximate surface area is 123 Å². The summed E-state index contributed by atoms with van der Waals surface area (Å²) in [5.74, 6) is -0.179. The minimum Gasteiger partial charge on any atom is -0.348 e. The van der Waals surface area contributed by atoms with E-state index < -0.39 is 0 Å². The van der Waals surface area contributed by atoms with E-state index >= 15 is 0 Å². The second-order valence-corrected chi connectivity index (χ2v) is 5.05. The third-order valence-electron chi connectivity index (χ3n) is 3.15. The van der Waals surface area contributed by atoms with E-state index in [1.54, 1.807) is 12.1 Å². The van der Waals surface area contributed by atoms with Gasteiger partial charge in [0.25, 0.3) is 5.91 Å². The van der Waals surface area contributed by atoms with Gasteiger partial charge in [0.05, 0.1) is 10.6 Å². The molecule has 0 radical (unpaired) electrons. The Morgan fingerprint density at radius 2 is 1.90 bits per heavy atom. The summed E-state index contributed by atoms with van der Waals surface area (Å²) in [7, 11) is 0. The lowest BCUT2D eigenvalue weighted by Gasteiger charge is -2.10. The van der Waals surface area contributed by atoms with E-state index in [4.69, 9.17) is 17.3 Å². The standard InChI is InChI=1S/C16H17ClN2O/c1-11-6-7-14(15(17)8-11)16(20)19-10-13-5-3-2-4-12(13)9-18/h2-8H,9-10,18H2,1H3,(H,19,20). The second-order valence-electron chi connectivity index (χ2n) is 4.64. The van der Waals surface area contributed by atoms with Crippen LogP contribution in [0, 0.1) is 6.92 Å². The average molecular weight is 289 g/mol. The molecule has 0 aliphatic rings. The van der Waals surface area contributed by atoms with Gasteiger partial charge in [-0.25, -0.2) is 0 Å². The Bertz CT molecular complexity index is 626. The smallest absolute Gasteiger partial charge is 0.253 e. The highest BCUT2D eigenvalue weighted by molar-refractivity contribution is 6.33. The minimum absolute atomic E-state index is 0.179. The molecule has 0 unspecified atom stereocenters. The minimum atomic E-state index is -0.179. The SMILES string of the molecule is Cc1ccc(C(=O)NCc2ccccc2CN)c(Cl)c1. The molecular formula is C16H17ClN2O. The van der Waals surface area contributed by atoms with Crippen LogP contribution in [0.1, 0.15) is 27.0 Å². The maximum atomic E-state index is 12.1. The molecule has 104 valence electrons. The van der Waals surface area contributed by atoms with Crippen LogP contribution in [0.25, 0.3) is 0 Å². The van der Waals surface area contributed by atoms with E-state index in [-0.39, 0.29) is 5.91 Å². The lowest BCUT2D eigenvalue weighted by Crippen LogP contribution is -2.24. The highest BCUT2D eigenvalue weighted by atomic mass is 35.5. The average Bonchev–Trinajstić information content (AvgIpc) is 2.45. The maximum Gasteiger partial charge on any atom is 0.253 e. The van der Waals surface area contributed by atoms with Gasteiger partial charge in [-0.15, -0.1) is 0 Å². The van der Waals surface area contributed by atoms with Gasteiger partial charge in [0, 0.05) is 13.1 Å². The predicted molar refractivity (Wildman–Crippen MR) is 81.7 cm³/mol. The molecule has 2 aromatic carbocycles. The van der Waals surface area contributed by atoms with Crippen molar-refractivity contribution in [2.24, 2.45) is 5.73 Å². The van der Waals surface area contributed by atoms with Gasteiger partial charge in [0.1, 0.15) is 0 Å². The Balaban J connectivity index is 2.09. The normalized spacial score (nSPS) is 10.3. The summed E-state index contributed by atoms with van der Waals surface area (Å²) in [6.45, 7) is 2.83. The number of hydrogen-bond acceptors (Lipinski definition) is 2. The van der Waals surface area contributed by atoms with Crippen molar-refractivity contribution in [1.29, 1.82) is 0 Å². The van der Waals surface area contributed by atoms with Crippen molar-refractivity contribution in [3.05, 3.63) is 69.7 Å². The van der Waals surface area contributed by atoms with Gasteiger partial charge in [-0.1, -0.05) is 41.9 Å². The Morgan fingerprint density at radius 1 is 1.20 bits per heavy atom. The lowest BCUT2D eigenvalue weighted by atomic mass is 10.1. The first kappa shape index (κ1) is 14.6. The number of carbonyl (C=O) groups is 1. The number of rotatable bonds is 4. The number of carbonyl (C=O) groups excluding carboxylic acids is 1. The molecule has 1 amide bonds. The number of nitrogens with one attached hydrogen (secondary N) is 1. The van der Waals surface area contributed by atoms with Gasteiger partial charge in [0.15, 0.2) is 0 Å². The first-order chi connectivity index (χ1) is 9.61. The Morgan fingerprint density at radius 3 is 2.55 bits per heavy atom. The summed E-state index contributed by atoms with van der Waals surface area (Å²) in [5, 5.41) is 3.34. The zero-order chi connectivity index (χ0) is 14.5. The van der Waals surface area contributed by atoms with Gasteiger partial charge < -0.3 is 11.1 Å². The molecule has 0 heterocycles. The van der Waals surface area contributed by atoms with Gasteiger partial charge in [-0.2, -0.15) is 0 Å². The quantitative estimate of drug-likeness (QED) is 0.908. The number of amides is 1. The van der Waals surface area contributed by atoms with Gasteiger partial charge >= 0.3 is 0 Å². The van der Waals surface area contributed by atoms with Crippen molar-refractivity contribution in [3.63, 3.8) is 0 Å². The molecule has 0 aliphatic heterocycles. The molecule has 20 heavy (non-hydrogen) atoms. The third kappa shape index (κ3) is 3.38. The molecule has 0 aromatic heterocycles. The van der Waals surface area contributed by atoms with E-state index in [9.17, 15) is 4.79 Å². The van der Waals surface area contributed by atoms with E-state index in [0.29, 0.717) is 23.7 Å². The van der Waals surface area contributed by atoms with Crippen LogP contribution in [0.3, 0.4) is 0 Å². The van der Waals surface area contributed by atoms with Crippen LogP contribution in [0.5, 0.6) is 0 Å². The predicted octanol–water partition coefficient (Wildman–Crippen LogP) is 3.04. The molecule has 2 aromatic rings. The number of hydrogen-bond donors (Lipinski definition) is 2. The first-order valence-electron chi connectivity index (χ1n) is 6.43. The molecule has 0 saturated heterocycles. The fraction of sp³-hybridized carbons (Fsp3) is 0.188. The lowest BCUT2D eigenvalue weighted by molar-refractivity contribution is 0.0951. The van der Waals surface area contributed by atoms with Gasteiger partial charge in [-0.3, -0.25) is 4.79 Å². The van der Waals surface area contributed by atoms with Crippen molar-refractivity contribution in [2.75, 3.05) is 0 Å². The Hall–Kier alpha value is -1.84. The molecule has 4 heteroatoms. The largest absolute Gasteiger partial charge is 0.348 e. The summed E-state index contributed by atoms with van der Waals surface area (Å²) in [5.41, 5.74) is 9.24. The zero-order valence-electron chi connectivity index (χ0n) is 11.3. The first-order valence-corrected chi connectivity index (χ1v) is 6.81. The maximum absolute atomic E-state index is 12.1. The molecule has 0 saturated carbocycles. The van der Waals surface area contributed by atoms with Crippen LogP contribution < -0.4 is 11.1 Å². The molecule has 3 N–H and O–H groups in total. The molecule has 0 bridgehead atoms. The molecule has 0 atom stereocenters. The van der Waals surface area contributed by atoms with Crippen LogP contribution in [-0.2, 0) is 13.1 Å². The van der Waals surface area contributed by atoms with Gasteiger partial charge in [0.2, 0.25) is 0 Å². The number of benzene rings is 2. The van der Waals surface area contributed by atoms with Crippen LogP contribution in [0.4, 0.5) is 0 Å². The summed E-state index contributed by atoms with van der Waals surface area (Å²) in [4.78, 5) is 12.1. The van der Waals surface area contributed by atoms with Crippen molar-refractivity contribution >= 4 is 17.5 Å². The van der Waals surface area contributed by atoms with Crippen LogP contribution in [0.15, 0.2) is 42.5 Å². The highest BCUT2D eigenvalue weighted by Crippen LogP contribution is 2.17.